The maximum atomic E-state index is 5.69. The van der Waals surface area contributed by atoms with Crippen LogP contribution >= 0.6 is 15.9 Å². The van der Waals surface area contributed by atoms with Crippen molar-refractivity contribution in [2.24, 2.45) is 0 Å². The summed E-state index contributed by atoms with van der Waals surface area (Å²) >= 11 is 3.59. The number of nitrogens with zero attached hydrogens (tertiary/aromatic N) is 1. The minimum atomic E-state index is 0.0624. The molecule has 0 bridgehead atoms. The number of nitrogens with one attached hydrogen (secondary N) is 1. The molecule has 4 heteroatoms. The first-order chi connectivity index (χ1) is 8.57. The van der Waals surface area contributed by atoms with Crippen molar-refractivity contribution in [2.45, 2.75) is 45.2 Å². The molecule has 1 aliphatic heterocycles. The maximum absolute atomic E-state index is 5.69. The predicted molar refractivity (Wildman–Crippen MR) is 77.7 cm³/mol. The van der Waals surface area contributed by atoms with Crippen LogP contribution in [0.4, 0.5) is 0 Å². The molecule has 0 aliphatic carbocycles. The van der Waals surface area contributed by atoms with Crippen molar-refractivity contribution >= 4 is 15.9 Å². The summed E-state index contributed by atoms with van der Waals surface area (Å²) in [4.78, 5) is 2.56. The summed E-state index contributed by atoms with van der Waals surface area (Å²) in [5, 5.41) is 3.58. The Bertz CT molecular complexity index is 383. The second kappa shape index (κ2) is 5.76. The van der Waals surface area contributed by atoms with E-state index in [9.17, 15) is 0 Å². The summed E-state index contributed by atoms with van der Waals surface area (Å²) in [5.74, 6) is 1.01. The van der Waals surface area contributed by atoms with Crippen molar-refractivity contribution in [1.29, 1.82) is 0 Å². The molecule has 0 saturated carbocycles. The first-order valence-electron chi connectivity index (χ1n) is 6.78. The molecule has 1 N–H and O–H groups in total. The number of likely N-dealkylation sites (N-methyl/N-ethyl adjacent to an activating group) is 1. The predicted octanol–water partition coefficient (Wildman–Crippen LogP) is 3.57. The second-order valence-corrected chi connectivity index (χ2v) is 6.33. The Morgan fingerprint density at radius 1 is 1.44 bits per heavy atom. The minimum Gasteiger partial charge on any atom is -0.466 e. The Morgan fingerprint density at radius 2 is 2.11 bits per heavy atom. The lowest BCUT2D eigenvalue weighted by atomic mass is 9.90. The van der Waals surface area contributed by atoms with Gasteiger partial charge in [-0.05, 0) is 68.3 Å². The molecule has 18 heavy (non-hydrogen) atoms. The first kappa shape index (κ1) is 14.1. The standard InChI is InChI=1S/C14H23BrN2O/c1-4-16-13(12-11(15)7-10-18-12)14(2,3)17-8-5-6-9-17/h7,10,13,16H,4-6,8-9H2,1-3H3. The van der Waals surface area contributed by atoms with Crippen molar-refractivity contribution in [3.05, 3.63) is 22.6 Å². The zero-order chi connectivity index (χ0) is 13.2. The first-order valence-corrected chi connectivity index (χ1v) is 7.58. The summed E-state index contributed by atoms with van der Waals surface area (Å²) in [7, 11) is 0. The highest BCUT2D eigenvalue weighted by atomic mass is 79.9. The molecule has 1 atom stereocenters. The molecule has 1 aromatic heterocycles. The fourth-order valence-corrected chi connectivity index (χ4v) is 3.29. The molecule has 1 unspecified atom stereocenters. The van der Waals surface area contributed by atoms with Gasteiger partial charge in [-0.25, -0.2) is 0 Å². The Kier molecular flexibility index (Phi) is 4.51. The van der Waals surface area contributed by atoms with Crippen LogP contribution in [0.15, 0.2) is 21.2 Å². The SMILES string of the molecule is CCNC(c1occc1Br)C(C)(C)N1CCCC1. The van der Waals surface area contributed by atoms with E-state index >= 15 is 0 Å². The third-order valence-electron chi connectivity index (χ3n) is 3.94. The molecule has 1 aliphatic rings. The summed E-state index contributed by atoms with van der Waals surface area (Å²) in [6.07, 6.45) is 4.37. The summed E-state index contributed by atoms with van der Waals surface area (Å²) < 4.78 is 6.75. The van der Waals surface area contributed by atoms with Crippen LogP contribution in [-0.4, -0.2) is 30.1 Å². The van der Waals surface area contributed by atoms with Crippen molar-refractivity contribution < 1.29 is 4.42 Å². The van der Waals surface area contributed by atoms with Gasteiger partial charge in [-0.2, -0.15) is 0 Å². The van der Waals surface area contributed by atoms with Crippen molar-refractivity contribution in [3.8, 4) is 0 Å². The molecular formula is C14H23BrN2O. The van der Waals surface area contributed by atoms with Crippen LogP contribution in [0.3, 0.4) is 0 Å². The van der Waals surface area contributed by atoms with Gasteiger partial charge in [0.15, 0.2) is 0 Å². The van der Waals surface area contributed by atoms with Crippen LogP contribution in [0.2, 0.25) is 0 Å². The zero-order valence-electron chi connectivity index (χ0n) is 11.5. The third-order valence-corrected chi connectivity index (χ3v) is 4.60. The van der Waals surface area contributed by atoms with Gasteiger partial charge in [0.05, 0.1) is 16.8 Å². The lowest BCUT2D eigenvalue weighted by molar-refractivity contribution is 0.0965. The van der Waals surface area contributed by atoms with E-state index in [2.05, 4.69) is 46.9 Å². The number of likely N-dealkylation sites (tertiary alicyclic amines) is 1. The van der Waals surface area contributed by atoms with Gasteiger partial charge in [0.25, 0.3) is 0 Å². The largest absolute Gasteiger partial charge is 0.466 e. The average molecular weight is 315 g/mol. The molecule has 1 fully saturated rings. The lowest BCUT2D eigenvalue weighted by Crippen LogP contribution is -2.51. The van der Waals surface area contributed by atoms with Gasteiger partial charge < -0.3 is 9.73 Å². The molecule has 2 rings (SSSR count). The minimum absolute atomic E-state index is 0.0624. The zero-order valence-corrected chi connectivity index (χ0v) is 13.1. The van der Waals surface area contributed by atoms with Gasteiger partial charge in [0.2, 0.25) is 0 Å². The number of rotatable bonds is 5. The van der Waals surface area contributed by atoms with Crippen LogP contribution in [0.5, 0.6) is 0 Å². The second-order valence-electron chi connectivity index (χ2n) is 5.47. The summed E-state index contributed by atoms with van der Waals surface area (Å²) in [5.41, 5.74) is 0.0624. The fraction of sp³-hybridized carbons (Fsp3) is 0.714. The molecule has 3 nitrogen and oxygen atoms in total. The van der Waals surface area contributed by atoms with Crippen LogP contribution < -0.4 is 5.32 Å². The molecule has 1 aromatic rings. The molecule has 1 saturated heterocycles. The smallest absolute Gasteiger partial charge is 0.136 e. The van der Waals surface area contributed by atoms with E-state index in [1.165, 1.54) is 25.9 Å². The van der Waals surface area contributed by atoms with E-state index in [0.29, 0.717) is 0 Å². The topological polar surface area (TPSA) is 28.4 Å². The molecular weight excluding hydrogens is 292 g/mol. The normalized spacial score (nSPS) is 19.3. The number of hydrogen-bond acceptors (Lipinski definition) is 3. The highest BCUT2D eigenvalue weighted by Gasteiger charge is 2.39. The highest BCUT2D eigenvalue weighted by molar-refractivity contribution is 9.10. The monoisotopic (exact) mass is 314 g/mol. The Labute approximate surface area is 118 Å². The van der Waals surface area contributed by atoms with Gasteiger partial charge in [0.1, 0.15) is 5.76 Å². The van der Waals surface area contributed by atoms with Crippen LogP contribution in [0.1, 0.15) is 45.4 Å². The quantitative estimate of drug-likeness (QED) is 0.900. The third kappa shape index (κ3) is 2.65. The fourth-order valence-electron chi connectivity index (χ4n) is 2.85. The molecule has 0 amide bonds. The highest BCUT2D eigenvalue weighted by Crippen LogP contribution is 2.37. The van der Waals surface area contributed by atoms with Gasteiger partial charge in [-0.15, -0.1) is 0 Å². The molecule has 2 heterocycles. The number of hydrogen-bond donors (Lipinski definition) is 1. The lowest BCUT2D eigenvalue weighted by Gasteiger charge is -2.41. The molecule has 0 radical (unpaired) electrons. The Hall–Kier alpha value is -0.320. The van der Waals surface area contributed by atoms with Gasteiger partial charge in [-0.3, -0.25) is 4.90 Å². The van der Waals surface area contributed by atoms with Crippen LogP contribution in [0, 0.1) is 0 Å². The van der Waals surface area contributed by atoms with Crippen molar-refractivity contribution in [3.63, 3.8) is 0 Å². The molecule has 0 aromatic carbocycles. The van der Waals surface area contributed by atoms with E-state index in [1.807, 2.05) is 6.07 Å². The summed E-state index contributed by atoms with van der Waals surface area (Å²) in [6, 6.07) is 2.18. The van der Waals surface area contributed by atoms with E-state index in [-0.39, 0.29) is 11.6 Å². The van der Waals surface area contributed by atoms with Crippen molar-refractivity contribution in [1.82, 2.24) is 10.2 Å². The van der Waals surface area contributed by atoms with Crippen molar-refractivity contribution in [2.75, 3.05) is 19.6 Å². The maximum Gasteiger partial charge on any atom is 0.136 e. The van der Waals surface area contributed by atoms with Gasteiger partial charge in [-0.1, -0.05) is 6.92 Å². The van der Waals surface area contributed by atoms with Crippen LogP contribution in [-0.2, 0) is 0 Å². The van der Waals surface area contributed by atoms with Crippen LogP contribution in [0.25, 0.3) is 0 Å². The molecule has 102 valence electrons. The summed E-state index contributed by atoms with van der Waals surface area (Å²) in [6.45, 7) is 10.1. The average Bonchev–Trinajstić information content (AvgIpc) is 2.96. The van der Waals surface area contributed by atoms with E-state index in [1.54, 1.807) is 6.26 Å². The Balaban J connectivity index is 2.26. The number of halogens is 1. The van der Waals surface area contributed by atoms with Gasteiger partial charge >= 0.3 is 0 Å². The Morgan fingerprint density at radius 3 is 2.61 bits per heavy atom. The van der Waals surface area contributed by atoms with E-state index in [0.717, 1.165) is 16.8 Å². The van der Waals surface area contributed by atoms with E-state index in [4.69, 9.17) is 4.42 Å². The number of furan rings is 1. The van der Waals surface area contributed by atoms with E-state index < -0.39 is 0 Å². The van der Waals surface area contributed by atoms with Gasteiger partial charge in [0, 0.05) is 5.54 Å². The molecule has 0 spiro atoms.